The van der Waals surface area contributed by atoms with Crippen molar-refractivity contribution in [3.8, 4) is 0 Å². The molecule has 0 aliphatic carbocycles. The summed E-state index contributed by atoms with van der Waals surface area (Å²) in [6.07, 6.45) is -28.7. The molecule has 0 N–H and O–H groups in total. The minimum Gasteiger partial charge on any atom is -0.421 e. The third-order valence-corrected chi connectivity index (χ3v) is 2.49. The summed E-state index contributed by atoms with van der Waals surface area (Å²) < 4.78 is 131. The van der Waals surface area contributed by atoms with E-state index in [9.17, 15) is 48.7 Å². The van der Waals surface area contributed by atoms with E-state index in [4.69, 9.17) is 0 Å². The van der Waals surface area contributed by atoms with Gasteiger partial charge in [0.05, 0.1) is 0 Å². The minimum atomic E-state index is -5.50. The average molecular weight is 364 g/mol. The molecule has 0 aliphatic heterocycles. The molecule has 6 unspecified atom stereocenters. The van der Waals surface area contributed by atoms with Gasteiger partial charge in [0.25, 0.3) is 6.43 Å². The Bertz CT molecular complexity index is 404. The Labute approximate surface area is 123 Å². The quantitative estimate of drug-likeness (QED) is 0.355. The van der Waals surface area contributed by atoms with Crippen LogP contribution in [0, 0.1) is 0 Å². The Balaban J connectivity index is 5.06. The lowest BCUT2D eigenvalue weighted by Crippen LogP contribution is -2.52. The van der Waals surface area contributed by atoms with Gasteiger partial charge in [-0.25, -0.2) is 35.5 Å². The molecule has 0 saturated carbocycles. The molecule has 0 aromatic rings. The molecule has 12 heteroatoms. The minimum absolute atomic E-state index is 0.189. The van der Waals surface area contributed by atoms with E-state index in [0.717, 1.165) is 0 Å². The van der Waals surface area contributed by atoms with E-state index in [1.54, 1.807) is 0 Å². The Morgan fingerprint density at radius 2 is 1.30 bits per heavy atom. The van der Waals surface area contributed by atoms with Crippen LogP contribution in [0.2, 0.25) is 0 Å². The predicted octanol–water partition coefficient (Wildman–Crippen LogP) is 3.60. The molecule has 0 rings (SSSR count). The first-order valence-corrected chi connectivity index (χ1v) is 5.71. The van der Waals surface area contributed by atoms with E-state index in [1.165, 1.54) is 0 Å². The van der Waals surface area contributed by atoms with E-state index in [2.05, 4.69) is 11.3 Å². The standard InChI is InChI=1S/C11H10F10O2/c1-2-3(22)23-10(19)11(20,21)8(16)6(14)4(12)5(13)7(15)9(17)18/h2,4-10H,1H2. The number of ether oxygens (including phenoxy) is 1. The maximum atomic E-state index is 13.2. The third-order valence-electron chi connectivity index (χ3n) is 2.49. The average Bonchev–Trinajstić information content (AvgIpc) is 2.50. The van der Waals surface area contributed by atoms with E-state index in [1.807, 2.05) is 0 Å². The number of halogens is 10. The molecule has 0 heterocycles. The fourth-order valence-electron chi connectivity index (χ4n) is 1.22. The van der Waals surface area contributed by atoms with Crippen molar-refractivity contribution in [1.29, 1.82) is 0 Å². The van der Waals surface area contributed by atoms with Gasteiger partial charge in [0.15, 0.2) is 24.7 Å². The Morgan fingerprint density at radius 1 is 0.870 bits per heavy atom. The van der Waals surface area contributed by atoms with Gasteiger partial charge >= 0.3 is 18.2 Å². The number of esters is 1. The van der Waals surface area contributed by atoms with Crippen molar-refractivity contribution in [2.45, 2.75) is 49.6 Å². The molecule has 0 fully saturated rings. The molecular formula is C11H10F10O2. The second-order valence-electron chi connectivity index (χ2n) is 4.15. The fraction of sp³-hybridized carbons (Fsp3) is 0.727. The zero-order chi connectivity index (χ0) is 18.5. The normalized spacial score (nSPS) is 20.3. The highest BCUT2D eigenvalue weighted by Gasteiger charge is 2.58. The van der Waals surface area contributed by atoms with Crippen LogP contribution in [0.15, 0.2) is 12.7 Å². The van der Waals surface area contributed by atoms with Gasteiger partial charge in [-0.3, -0.25) is 0 Å². The van der Waals surface area contributed by atoms with Gasteiger partial charge in [-0.05, 0) is 0 Å². The van der Waals surface area contributed by atoms with Gasteiger partial charge in [-0.15, -0.1) is 0 Å². The van der Waals surface area contributed by atoms with Crippen molar-refractivity contribution in [3.63, 3.8) is 0 Å². The summed E-state index contributed by atoms with van der Waals surface area (Å²) in [6, 6.07) is 0. The van der Waals surface area contributed by atoms with Crippen LogP contribution < -0.4 is 0 Å². The summed E-state index contributed by atoms with van der Waals surface area (Å²) in [5.41, 5.74) is 0. The highest BCUT2D eigenvalue weighted by molar-refractivity contribution is 5.81. The largest absolute Gasteiger partial charge is 0.421 e. The van der Waals surface area contributed by atoms with Crippen molar-refractivity contribution in [2.24, 2.45) is 0 Å². The summed E-state index contributed by atoms with van der Waals surface area (Å²) >= 11 is 0. The van der Waals surface area contributed by atoms with E-state index >= 15 is 0 Å². The molecule has 0 aromatic heterocycles. The zero-order valence-corrected chi connectivity index (χ0v) is 10.9. The SMILES string of the molecule is C=CC(=O)OC(F)C(F)(F)C(F)C(F)C(F)C(F)C(F)C(F)F. The summed E-state index contributed by atoms with van der Waals surface area (Å²) in [6.45, 7) is 2.69. The molecule has 6 atom stereocenters. The second kappa shape index (κ2) is 8.39. The Kier molecular flexibility index (Phi) is 7.84. The number of hydrogen-bond donors (Lipinski definition) is 0. The number of carbonyl (C=O) groups is 1. The maximum Gasteiger partial charge on any atom is 0.346 e. The lowest BCUT2D eigenvalue weighted by atomic mass is 10.0. The summed E-state index contributed by atoms with van der Waals surface area (Å²) in [4.78, 5) is 10.5. The summed E-state index contributed by atoms with van der Waals surface area (Å²) in [5, 5.41) is 0. The molecule has 0 amide bonds. The second-order valence-corrected chi connectivity index (χ2v) is 4.15. The monoisotopic (exact) mass is 364 g/mol. The van der Waals surface area contributed by atoms with Gasteiger partial charge in [0.1, 0.15) is 0 Å². The van der Waals surface area contributed by atoms with Crippen LogP contribution in [-0.4, -0.2) is 55.5 Å². The van der Waals surface area contributed by atoms with Crippen LogP contribution in [0.3, 0.4) is 0 Å². The first-order valence-electron chi connectivity index (χ1n) is 5.71. The van der Waals surface area contributed by atoms with Crippen molar-refractivity contribution < 1.29 is 53.4 Å². The molecular weight excluding hydrogens is 354 g/mol. The molecule has 23 heavy (non-hydrogen) atoms. The number of hydrogen-bond acceptors (Lipinski definition) is 2. The van der Waals surface area contributed by atoms with E-state index in [-0.39, 0.29) is 6.08 Å². The van der Waals surface area contributed by atoms with Crippen molar-refractivity contribution in [2.75, 3.05) is 0 Å². The van der Waals surface area contributed by atoms with Crippen LogP contribution in [-0.2, 0) is 9.53 Å². The van der Waals surface area contributed by atoms with Gasteiger partial charge in [-0.2, -0.15) is 13.2 Å². The number of rotatable bonds is 9. The Hall–Kier alpha value is -1.49. The fourth-order valence-corrected chi connectivity index (χ4v) is 1.22. The first-order chi connectivity index (χ1) is 10.4. The smallest absolute Gasteiger partial charge is 0.346 e. The number of carbonyl (C=O) groups excluding carboxylic acids is 1. The van der Waals surface area contributed by atoms with Crippen LogP contribution in [0.1, 0.15) is 0 Å². The molecule has 0 aliphatic rings. The van der Waals surface area contributed by atoms with Crippen molar-refractivity contribution in [3.05, 3.63) is 12.7 Å². The van der Waals surface area contributed by atoms with E-state index < -0.39 is 55.5 Å². The molecule has 0 spiro atoms. The highest BCUT2D eigenvalue weighted by atomic mass is 19.3. The molecule has 0 aromatic carbocycles. The van der Waals surface area contributed by atoms with Gasteiger partial charge < -0.3 is 4.74 Å². The topological polar surface area (TPSA) is 26.3 Å². The lowest BCUT2D eigenvalue weighted by Gasteiger charge is -2.28. The van der Waals surface area contributed by atoms with Crippen molar-refractivity contribution >= 4 is 5.97 Å². The highest BCUT2D eigenvalue weighted by Crippen LogP contribution is 2.35. The summed E-state index contributed by atoms with van der Waals surface area (Å²) in [7, 11) is 0. The number of alkyl halides is 10. The van der Waals surface area contributed by atoms with Gasteiger partial charge in [0.2, 0.25) is 6.17 Å². The van der Waals surface area contributed by atoms with Crippen molar-refractivity contribution in [1.82, 2.24) is 0 Å². The zero-order valence-electron chi connectivity index (χ0n) is 10.9. The molecule has 0 bridgehead atoms. The third kappa shape index (κ3) is 5.27. The van der Waals surface area contributed by atoms with Gasteiger partial charge in [0, 0.05) is 6.08 Å². The van der Waals surface area contributed by atoms with Gasteiger partial charge in [-0.1, -0.05) is 6.58 Å². The first kappa shape index (κ1) is 21.5. The van der Waals surface area contributed by atoms with Crippen LogP contribution in [0.25, 0.3) is 0 Å². The van der Waals surface area contributed by atoms with Crippen LogP contribution in [0.5, 0.6) is 0 Å². The maximum absolute atomic E-state index is 13.2. The van der Waals surface area contributed by atoms with Crippen LogP contribution >= 0.6 is 0 Å². The molecule has 136 valence electrons. The van der Waals surface area contributed by atoms with Crippen LogP contribution in [0.4, 0.5) is 43.9 Å². The molecule has 0 radical (unpaired) electrons. The molecule has 0 saturated heterocycles. The summed E-state index contributed by atoms with van der Waals surface area (Å²) in [5.74, 6) is -7.31. The van der Waals surface area contributed by atoms with E-state index in [0.29, 0.717) is 0 Å². The molecule has 2 nitrogen and oxygen atoms in total. The Morgan fingerprint density at radius 3 is 1.70 bits per heavy atom. The lowest BCUT2D eigenvalue weighted by molar-refractivity contribution is -0.233. The predicted molar refractivity (Wildman–Crippen MR) is 56.6 cm³/mol.